The fourth-order valence-electron chi connectivity index (χ4n) is 12.6. The molecule has 17 nitrogen and oxygen atoms in total. The van der Waals surface area contributed by atoms with E-state index in [9.17, 15) is 43.2 Å². The van der Waals surface area contributed by atoms with E-state index in [2.05, 4.69) is 34.6 Å². The molecule has 0 heterocycles. The summed E-state index contributed by atoms with van der Waals surface area (Å²) in [6, 6.07) is 0. The van der Waals surface area contributed by atoms with Crippen molar-refractivity contribution in [2.45, 2.75) is 451 Å². The molecule has 0 saturated carbocycles. The molecule has 0 fully saturated rings. The van der Waals surface area contributed by atoms with Crippen molar-refractivity contribution in [1.29, 1.82) is 0 Å². The Bertz CT molecular complexity index is 1910. The zero-order valence-electron chi connectivity index (χ0n) is 65.3. The minimum absolute atomic E-state index is 0.107. The molecule has 0 aliphatic heterocycles. The van der Waals surface area contributed by atoms with Gasteiger partial charge in [0.25, 0.3) is 0 Å². The largest absolute Gasteiger partial charge is 0.472 e. The fraction of sp³-hybridized carbons (Fsp3) is 0.951. The molecule has 3 unspecified atom stereocenters. The standard InChI is InChI=1S/C81H158O17P2/c1-6-10-13-16-19-22-25-28-30-32-34-36-39-45-50-55-60-65-79(84)92-70-76(97-80(85)66-61-56-51-46-40-37-35-33-31-29-26-23-20-17-14-11-7-2)72-95-99(87,88)93-68-75(82)69-94-100(89,90)96-73-77(71-91-78(83)64-59-54-49-44-38-27-24-21-18-15-12-8-3)98-81(86)67-62-57-52-47-42-41-43-48-53-58-63-74(5)9-4/h74-77,82H,6-73H2,1-5H3,(H,87,88)(H,89,90)/t74?,75-,76-,77-/m1/s1. The smallest absolute Gasteiger partial charge is 0.462 e. The molecule has 0 bridgehead atoms. The van der Waals surface area contributed by atoms with Crippen molar-refractivity contribution in [2.75, 3.05) is 39.6 Å². The predicted octanol–water partition coefficient (Wildman–Crippen LogP) is 24.4. The first-order valence-electron chi connectivity index (χ1n) is 42.2. The molecule has 0 aromatic carbocycles. The number of unbranched alkanes of at least 4 members (excludes halogenated alkanes) is 52. The van der Waals surface area contributed by atoms with Gasteiger partial charge in [0.2, 0.25) is 0 Å². The molecule has 6 atom stereocenters. The Hall–Kier alpha value is -1.94. The number of esters is 4. The van der Waals surface area contributed by atoms with Crippen LogP contribution in [0.4, 0.5) is 0 Å². The van der Waals surface area contributed by atoms with Gasteiger partial charge >= 0.3 is 39.5 Å². The molecule has 0 spiro atoms. The highest BCUT2D eigenvalue weighted by Crippen LogP contribution is 2.45. The summed E-state index contributed by atoms with van der Waals surface area (Å²) in [7, 11) is -9.92. The first kappa shape index (κ1) is 98.1. The number of hydrogen-bond donors (Lipinski definition) is 3. The molecule has 19 heteroatoms. The first-order valence-corrected chi connectivity index (χ1v) is 45.2. The van der Waals surface area contributed by atoms with Crippen LogP contribution < -0.4 is 0 Å². The number of phosphoric ester groups is 2. The molecule has 100 heavy (non-hydrogen) atoms. The van der Waals surface area contributed by atoms with Gasteiger partial charge in [0.15, 0.2) is 12.2 Å². The van der Waals surface area contributed by atoms with Crippen LogP contribution in [0.1, 0.15) is 433 Å². The normalized spacial score (nSPS) is 14.1. The van der Waals surface area contributed by atoms with Crippen molar-refractivity contribution in [2.24, 2.45) is 5.92 Å². The predicted molar refractivity (Wildman–Crippen MR) is 409 cm³/mol. The lowest BCUT2D eigenvalue weighted by atomic mass is 9.99. The molecule has 0 aliphatic rings. The molecule has 0 aromatic rings. The van der Waals surface area contributed by atoms with E-state index in [0.717, 1.165) is 95.8 Å². The second-order valence-corrected chi connectivity index (χ2v) is 32.3. The highest BCUT2D eigenvalue weighted by Gasteiger charge is 2.30. The van der Waals surface area contributed by atoms with Crippen molar-refractivity contribution >= 4 is 39.5 Å². The number of aliphatic hydroxyl groups is 1. The Kier molecular flexibility index (Phi) is 72.5. The minimum atomic E-state index is -4.96. The molecule has 0 aromatic heterocycles. The number of phosphoric acid groups is 2. The van der Waals surface area contributed by atoms with Crippen molar-refractivity contribution in [3.63, 3.8) is 0 Å². The topological polar surface area (TPSA) is 237 Å². The Balaban J connectivity index is 5.26. The van der Waals surface area contributed by atoms with E-state index in [1.807, 2.05) is 0 Å². The van der Waals surface area contributed by atoms with Gasteiger partial charge in [-0.1, -0.05) is 381 Å². The highest BCUT2D eigenvalue weighted by molar-refractivity contribution is 7.47. The van der Waals surface area contributed by atoms with Gasteiger partial charge in [0.05, 0.1) is 26.4 Å². The average Bonchev–Trinajstić information content (AvgIpc) is 0.952. The summed E-state index contributed by atoms with van der Waals surface area (Å²) < 4.78 is 68.8. The van der Waals surface area contributed by atoms with Crippen LogP contribution in [-0.2, 0) is 65.4 Å². The maximum Gasteiger partial charge on any atom is 0.472 e. The van der Waals surface area contributed by atoms with Crippen LogP contribution in [0.3, 0.4) is 0 Å². The summed E-state index contributed by atoms with van der Waals surface area (Å²) in [5, 5.41) is 10.6. The van der Waals surface area contributed by atoms with Gasteiger partial charge < -0.3 is 33.8 Å². The molecule has 0 saturated heterocycles. The van der Waals surface area contributed by atoms with Crippen LogP contribution in [-0.4, -0.2) is 96.7 Å². The number of aliphatic hydroxyl groups excluding tert-OH is 1. The van der Waals surface area contributed by atoms with Crippen LogP contribution in [0, 0.1) is 5.92 Å². The summed E-state index contributed by atoms with van der Waals surface area (Å²) >= 11 is 0. The number of ether oxygens (including phenoxy) is 4. The lowest BCUT2D eigenvalue weighted by Crippen LogP contribution is -2.30. The maximum atomic E-state index is 13.1. The molecule has 594 valence electrons. The van der Waals surface area contributed by atoms with E-state index in [1.165, 1.54) is 257 Å². The maximum absolute atomic E-state index is 13.1. The molecule has 3 N–H and O–H groups in total. The monoisotopic (exact) mass is 1470 g/mol. The molecule has 0 aliphatic carbocycles. The van der Waals surface area contributed by atoms with Crippen molar-refractivity contribution < 1.29 is 80.2 Å². The zero-order valence-corrected chi connectivity index (χ0v) is 67.1. The van der Waals surface area contributed by atoms with Crippen LogP contribution in [0.25, 0.3) is 0 Å². The van der Waals surface area contributed by atoms with Crippen LogP contribution >= 0.6 is 15.6 Å². The Labute approximate surface area is 613 Å². The SMILES string of the molecule is CCCCCCCCCCCCCCCCCCCC(=O)OC[C@H](COP(=O)(O)OC[C@@H](O)COP(=O)(O)OC[C@@H](COC(=O)CCCCCCCCCCCCCC)OC(=O)CCCCCCCCCCCCC(C)CC)OC(=O)CCCCCCCCCCCCCCCCCCC. The molecular formula is C81H158O17P2. The van der Waals surface area contributed by atoms with Gasteiger partial charge in [-0.2, -0.15) is 0 Å². The second-order valence-electron chi connectivity index (χ2n) is 29.4. The number of hydrogen-bond acceptors (Lipinski definition) is 15. The van der Waals surface area contributed by atoms with E-state index >= 15 is 0 Å². The van der Waals surface area contributed by atoms with Gasteiger partial charge in [-0.25, -0.2) is 9.13 Å². The summed E-state index contributed by atoms with van der Waals surface area (Å²) in [6.45, 7) is 7.36. The van der Waals surface area contributed by atoms with Gasteiger partial charge in [0.1, 0.15) is 19.3 Å². The third-order valence-corrected chi connectivity index (χ3v) is 21.3. The van der Waals surface area contributed by atoms with E-state index in [1.54, 1.807) is 0 Å². The fourth-order valence-corrected chi connectivity index (χ4v) is 14.1. The third-order valence-electron chi connectivity index (χ3n) is 19.4. The van der Waals surface area contributed by atoms with Crippen LogP contribution in [0.2, 0.25) is 0 Å². The van der Waals surface area contributed by atoms with Crippen LogP contribution in [0.5, 0.6) is 0 Å². The second kappa shape index (κ2) is 73.9. The number of carbonyl (C=O) groups is 4. The lowest BCUT2D eigenvalue weighted by molar-refractivity contribution is -0.161. The lowest BCUT2D eigenvalue weighted by Gasteiger charge is -2.21. The zero-order chi connectivity index (χ0) is 73.4. The van der Waals surface area contributed by atoms with E-state index < -0.39 is 97.5 Å². The van der Waals surface area contributed by atoms with Crippen LogP contribution in [0.15, 0.2) is 0 Å². The molecule has 0 rings (SSSR count). The molecular weight excluding hydrogens is 1310 g/mol. The molecule has 0 amide bonds. The van der Waals surface area contributed by atoms with E-state index in [0.29, 0.717) is 25.7 Å². The Morgan fingerprint density at radius 2 is 0.480 bits per heavy atom. The summed E-state index contributed by atoms with van der Waals surface area (Å²) in [4.78, 5) is 73.1. The Morgan fingerprint density at radius 3 is 0.710 bits per heavy atom. The summed E-state index contributed by atoms with van der Waals surface area (Å²) in [6.07, 6.45) is 65.0. The van der Waals surface area contributed by atoms with Gasteiger partial charge in [-0.05, 0) is 31.6 Å². The third kappa shape index (κ3) is 73.0. The van der Waals surface area contributed by atoms with E-state index in [4.69, 9.17) is 37.0 Å². The quantitative estimate of drug-likeness (QED) is 0.0222. The minimum Gasteiger partial charge on any atom is -0.462 e. The molecule has 0 radical (unpaired) electrons. The van der Waals surface area contributed by atoms with Gasteiger partial charge in [0, 0.05) is 25.7 Å². The van der Waals surface area contributed by atoms with Crippen molar-refractivity contribution in [3.8, 4) is 0 Å². The highest BCUT2D eigenvalue weighted by atomic mass is 31.2. The van der Waals surface area contributed by atoms with Crippen molar-refractivity contribution in [3.05, 3.63) is 0 Å². The van der Waals surface area contributed by atoms with Crippen molar-refractivity contribution in [1.82, 2.24) is 0 Å². The van der Waals surface area contributed by atoms with Gasteiger partial charge in [-0.3, -0.25) is 37.3 Å². The average molecular weight is 1470 g/mol. The Morgan fingerprint density at radius 1 is 0.280 bits per heavy atom. The number of rotatable bonds is 81. The van der Waals surface area contributed by atoms with E-state index in [-0.39, 0.29) is 25.7 Å². The summed E-state index contributed by atoms with van der Waals surface area (Å²) in [5.74, 6) is -1.30. The first-order chi connectivity index (χ1) is 48.6. The summed E-state index contributed by atoms with van der Waals surface area (Å²) in [5.41, 5.74) is 0. The van der Waals surface area contributed by atoms with Gasteiger partial charge in [-0.15, -0.1) is 0 Å². The number of carbonyl (C=O) groups excluding carboxylic acids is 4.